The summed E-state index contributed by atoms with van der Waals surface area (Å²) in [5.41, 5.74) is 0. The molecule has 1 rings (SSSR count). The van der Waals surface area contributed by atoms with Crippen molar-refractivity contribution in [1.29, 1.82) is 0 Å². The van der Waals surface area contributed by atoms with Crippen LogP contribution in [-0.2, 0) is 0 Å². The van der Waals surface area contributed by atoms with Crippen molar-refractivity contribution in [3.63, 3.8) is 0 Å². The van der Waals surface area contributed by atoms with Crippen LogP contribution in [0.5, 0.6) is 17.2 Å². The van der Waals surface area contributed by atoms with E-state index in [4.69, 9.17) is 14.2 Å². The molecule has 0 aromatic heterocycles. The fourth-order valence-electron chi connectivity index (χ4n) is 1.37. The van der Waals surface area contributed by atoms with E-state index >= 15 is 0 Å². The third kappa shape index (κ3) is 3.25. The third-order valence-electron chi connectivity index (χ3n) is 1.93. The molecule has 1 aromatic carbocycles. The predicted octanol–water partition coefficient (Wildman–Crippen LogP) is 1.68. The van der Waals surface area contributed by atoms with E-state index in [-0.39, 0.29) is 0 Å². The Balaban J connectivity index is 3.14. The first-order valence-electron chi connectivity index (χ1n) is 5.48. The molecule has 16 heavy (non-hydrogen) atoms. The predicted molar refractivity (Wildman–Crippen MR) is 65.3 cm³/mol. The molecule has 0 N–H and O–H groups in total. The van der Waals surface area contributed by atoms with Crippen LogP contribution in [0.3, 0.4) is 0 Å². The summed E-state index contributed by atoms with van der Waals surface area (Å²) in [5.74, 6) is 2.34. The van der Waals surface area contributed by atoms with Gasteiger partial charge in [-0.25, -0.2) is 0 Å². The van der Waals surface area contributed by atoms with Crippen LogP contribution in [-0.4, -0.2) is 44.5 Å². The van der Waals surface area contributed by atoms with Gasteiger partial charge in [-0.3, -0.25) is 0 Å². The standard InChI is InChI=1S/C12H17O3.Bi/c1-4-13-10-8-7-9-11(14-5-2)12(10)15-6-3;/h7-8H,4-6H2,1-3H3;. The van der Waals surface area contributed by atoms with Gasteiger partial charge in [-0.15, -0.1) is 0 Å². The molecule has 0 amide bonds. The van der Waals surface area contributed by atoms with E-state index in [1.807, 2.05) is 32.9 Å². The molecule has 0 spiro atoms. The molecule has 0 saturated carbocycles. The van der Waals surface area contributed by atoms with Crippen molar-refractivity contribution in [2.24, 2.45) is 0 Å². The van der Waals surface area contributed by atoms with Crippen LogP contribution in [0.4, 0.5) is 0 Å². The van der Waals surface area contributed by atoms with Crippen molar-refractivity contribution in [3.05, 3.63) is 12.1 Å². The van der Waals surface area contributed by atoms with Gasteiger partial charge in [-0.2, -0.15) is 0 Å². The molecule has 0 unspecified atom stereocenters. The zero-order chi connectivity index (χ0) is 12.0. The Bertz CT molecular complexity index is 339. The molecule has 0 fully saturated rings. The summed E-state index contributed by atoms with van der Waals surface area (Å²) in [5, 5.41) is 0. The van der Waals surface area contributed by atoms with Gasteiger partial charge in [0, 0.05) is 0 Å². The van der Waals surface area contributed by atoms with Crippen molar-refractivity contribution in [1.82, 2.24) is 0 Å². The fourth-order valence-corrected chi connectivity index (χ4v) is 2.30. The molecule has 0 bridgehead atoms. The molecular weight excluding hydrogens is 401 g/mol. The van der Waals surface area contributed by atoms with Gasteiger partial charge in [-0.05, 0) is 0 Å². The quantitative estimate of drug-likeness (QED) is 0.659. The van der Waals surface area contributed by atoms with Crippen molar-refractivity contribution in [2.45, 2.75) is 20.8 Å². The number of rotatable bonds is 6. The van der Waals surface area contributed by atoms with E-state index in [1.54, 1.807) is 0 Å². The van der Waals surface area contributed by atoms with Gasteiger partial charge in [0.2, 0.25) is 0 Å². The SMILES string of the molecule is CCOc1cc[c]([Bi])c(OCC)c1OCC. The fraction of sp³-hybridized carbons (Fsp3) is 0.500. The second-order valence-electron chi connectivity index (χ2n) is 3.04. The number of hydrogen-bond donors (Lipinski definition) is 0. The van der Waals surface area contributed by atoms with Crippen LogP contribution >= 0.6 is 0 Å². The van der Waals surface area contributed by atoms with Gasteiger partial charge < -0.3 is 0 Å². The van der Waals surface area contributed by atoms with Crippen LogP contribution in [0, 0.1) is 0 Å². The molecule has 4 heteroatoms. The zero-order valence-electron chi connectivity index (χ0n) is 9.95. The van der Waals surface area contributed by atoms with Gasteiger partial charge in [0.1, 0.15) is 0 Å². The Morgan fingerprint density at radius 1 is 0.875 bits per heavy atom. The normalized spacial score (nSPS) is 10.0. The van der Waals surface area contributed by atoms with Gasteiger partial charge in [0.25, 0.3) is 0 Å². The average Bonchev–Trinajstić information content (AvgIpc) is 2.27. The molecule has 3 nitrogen and oxygen atoms in total. The Morgan fingerprint density at radius 2 is 1.44 bits per heavy atom. The van der Waals surface area contributed by atoms with Crippen LogP contribution in [0.1, 0.15) is 20.8 Å². The summed E-state index contributed by atoms with van der Waals surface area (Å²) in [6, 6.07) is 3.98. The first kappa shape index (κ1) is 13.6. The van der Waals surface area contributed by atoms with Gasteiger partial charge in [0.15, 0.2) is 0 Å². The Morgan fingerprint density at radius 3 is 2.00 bits per heavy atom. The summed E-state index contributed by atoms with van der Waals surface area (Å²) >= 11 is 1.15. The average molecular weight is 418 g/mol. The van der Waals surface area contributed by atoms with Gasteiger partial charge in [-0.1, -0.05) is 0 Å². The van der Waals surface area contributed by atoms with Crippen molar-refractivity contribution in [2.75, 3.05) is 19.8 Å². The first-order chi connectivity index (χ1) is 7.74. The molecule has 88 valence electrons. The van der Waals surface area contributed by atoms with E-state index < -0.39 is 0 Å². The van der Waals surface area contributed by atoms with Crippen molar-refractivity contribution < 1.29 is 14.2 Å². The van der Waals surface area contributed by atoms with E-state index in [9.17, 15) is 0 Å². The minimum absolute atomic E-state index is 0.613. The van der Waals surface area contributed by atoms with Crippen LogP contribution in [0.25, 0.3) is 0 Å². The van der Waals surface area contributed by atoms with E-state index in [0.717, 1.165) is 42.0 Å². The van der Waals surface area contributed by atoms with Crippen molar-refractivity contribution >= 4 is 28.0 Å². The van der Waals surface area contributed by atoms with Crippen LogP contribution in [0.2, 0.25) is 0 Å². The molecule has 2 radical (unpaired) electrons. The number of hydrogen-bond acceptors (Lipinski definition) is 3. The Hall–Kier alpha value is -0.497. The molecule has 0 aliphatic heterocycles. The van der Waals surface area contributed by atoms with E-state index in [1.165, 1.54) is 3.27 Å². The van der Waals surface area contributed by atoms with Gasteiger partial charge >= 0.3 is 112 Å². The Labute approximate surface area is 112 Å². The summed E-state index contributed by atoms with van der Waals surface area (Å²) < 4.78 is 18.0. The maximum absolute atomic E-state index is 5.63. The first-order valence-corrected chi connectivity index (χ1v) is 7.22. The topological polar surface area (TPSA) is 27.7 Å². The van der Waals surface area contributed by atoms with Crippen LogP contribution in [0.15, 0.2) is 12.1 Å². The number of benzene rings is 1. The van der Waals surface area contributed by atoms with Crippen LogP contribution < -0.4 is 17.5 Å². The monoisotopic (exact) mass is 418 g/mol. The maximum atomic E-state index is 5.63. The molecule has 0 saturated heterocycles. The van der Waals surface area contributed by atoms with E-state index in [2.05, 4.69) is 0 Å². The number of ether oxygens (including phenoxy) is 3. The third-order valence-corrected chi connectivity index (χ3v) is 3.30. The molecule has 0 heterocycles. The molecular formula is C12H17BiO3. The Kier molecular flexibility index (Phi) is 5.90. The van der Waals surface area contributed by atoms with E-state index in [0.29, 0.717) is 19.8 Å². The summed E-state index contributed by atoms with van der Waals surface area (Å²) in [4.78, 5) is 0. The zero-order valence-corrected chi connectivity index (χ0v) is 13.4. The second-order valence-corrected chi connectivity index (χ2v) is 4.91. The summed E-state index contributed by atoms with van der Waals surface area (Å²) in [6.45, 7) is 7.78. The molecule has 1 aromatic rings. The minimum atomic E-state index is 0.613. The molecule has 0 atom stereocenters. The molecule has 0 aliphatic carbocycles. The summed E-state index contributed by atoms with van der Waals surface area (Å²) in [7, 11) is 0. The summed E-state index contributed by atoms with van der Waals surface area (Å²) in [6.07, 6.45) is 0. The molecule has 0 aliphatic rings. The second kappa shape index (κ2) is 6.95. The van der Waals surface area contributed by atoms with Gasteiger partial charge in [0.05, 0.1) is 0 Å². The van der Waals surface area contributed by atoms with Crippen molar-refractivity contribution in [3.8, 4) is 17.2 Å².